The van der Waals surface area contributed by atoms with E-state index >= 15 is 0 Å². The van der Waals surface area contributed by atoms with E-state index in [1.54, 1.807) is 6.92 Å². The van der Waals surface area contributed by atoms with E-state index in [1.807, 2.05) is 0 Å². The molecule has 4 nitrogen and oxygen atoms in total. The molecule has 2 atom stereocenters. The Morgan fingerprint density at radius 3 is 2.75 bits per heavy atom. The molecule has 0 amide bonds. The monoisotopic (exact) mass is 309 g/mol. The molecule has 0 radical (unpaired) electrons. The summed E-state index contributed by atoms with van der Waals surface area (Å²) in [5.74, 6) is -0.741. The van der Waals surface area contributed by atoms with Gasteiger partial charge in [-0.25, -0.2) is 9.78 Å². The number of halogens is 3. The van der Waals surface area contributed by atoms with E-state index in [9.17, 15) is 18.0 Å². The van der Waals surface area contributed by atoms with Crippen LogP contribution in [0.25, 0.3) is 0 Å². The molecule has 2 rings (SSSR count). The minimum absolute atomic E-state index is 0.0945. The van der Waals surface area contributed by atoms with Gasteiger partial charge < -0.3 is 9.47 Å². The van der Waals surface area contributed by atoms with Crippen LogP contribution in [-0.4, -0.2) is 31.3 Å². The standard InChI is InChI=1S/C12H14F3NO3S/c1-3-19-10(17)8-9(7-4-6(7)5-18-2)20-11(16-8)12(13,14)15/h6-7H,3-5H2,1-2H3/t6-,7+/m0/s1. The van der Waals surface area contributed by atoms with E-state index in [-0.39, 0.29) is 24.1 Å². The van der Waals surface area contributed by atoms with Gasteiger partial charge in [-0.15, -0.1) is 11.3 Å². The van der Waals surface area contributed by atoms with Gasteiger partial charge in [0.2, 0.25) is 0 Å². The Morgan fingerprint density at radius 2 is 2.20 bits per heavy atom. The van der Waals surface area contributed by atoms with E-state index in [0.717, 1.165) is 0 Å². The largest absolute Gasteiger partial charge is 0.461 e. The van der Waals surface area contributed by atoms with Crippen LogP contribution in [0.1, 0.15) is 39.6 Å². The third-order valence-electron chi connectivity index (χ3n) is 3.00. The molecule has 0 spiro atoms. The van der Waals surface area contributed by atoms with Crippen LogP contribution in [0, 0.1) is 5.92 Å². The highest BCUT2D eigenvalue weighted by Gasteiger charge is 2.45. The summed E-state index contributed by atoms with van der Waals surface area (Å²) in [6.07, 6.45) is -3.84. The van der Waals surface area contributed by atoms with Gasteiger partial charge in [0.15, 0.2) is 10.7 Å². The first kappa shape index (κ1) is 15.2. The lowest BCUT2D eigenvalue weighted by atomic mass is 10.2. The van der Waals surface area contributed by atoms with Crippen LogP contribution in [0.2, 0.25) is 0 Å². The van der Waals surface area contributed by atoms with Crippen molar-refractivity contribution in [3.63, 3.8) is 0 Å². The molecule has 1 aliphatic rings. The van der Waals surface area contributed by atoms with Crippen molar-refractivity contribution in [2.75, 3.05) is 20.3 Å². The fourth-order valence-electron chi connectivity index (χ4n) is 2.02. The van der Waals surface area contributed by atoms with Gasteiger partial charge in [0.1, 0.15) is 0 Å². The molecule has 0 bridgehead atoms. The van der Waals surface area contributed by atoms with E-state index in [1.165, 1.54) is 7.11 Å². The zero-order chi connectivity index (χ0) is 14.9. The molecule has 112 valence electrons. The molecule has 0 saturated heterocycles. The van der Waals surface area contributed by atoms with Crippen LogP contribution < -0.4 is 0 Å². The first-order chi connectivity index (χ1) is 9.38. The molecule has 1 aliphatic carbocycles. The van der Waals surface area contributed by atoms with Crippen molar-refractivity contribution in [3.05, 3.63) is 15.6 Å². The van der Waals surface area contributed by atoms with Crippen molar-refractivity contribution >= 4 is 17.3 Å². The van der Waals surface area contributed by atoms with Crippen LogP contribution in [0.5, 0.6) is 0 Å². The molecule has 0 aromatic carbocycles. The maximum Gasteiger partial charge on any atom is 0.443 e. The van der Waals surface area contributed by atoms with E-state index in [2.05, 4.69) is 4.98 Å². The van der Waals surface area contributed by atoms with Gasteiger partial charge >= 0.3 is 12.1 Å². The van der Waals surface area contributed by atoms with Crippen molar-refractivity contribution in [1.82, 2.24) is 4.98 Å². The molecule has 0 unspecified atom stereocenters. The second-order valence-corrected chi connectivity index (χ2v) is 5.54. The number of hydrogen-bond donors (Lipinski definition) is 0. The van der Waals surface area contributed by atoms with Gasteiger partial charge in [-0.3, -0.25) is 0 Å². The Kier molecular flexibility index (Phi) is 4.33. The highest BCUT2D eigenvalue weighted by Crippen LogP contribution is 2.52. The summed E-state index contributed by atoms with van der Waals surface area (Å²) >= 11 is 0.528. The quantitative estimate of drug-likeness (QED) is 0.784. The summed E-state index contributed by atoms with van der Waals surface area (Å²) in [5, 5.41) is -1.00. The van der Waals surface area contributed by atoms with E-state index in [0.29, 0.717) is 29.2 Å². The number of thiazole rings is 1. The molecule has 1 aromatic heterocycles. The molecule has 1 fully saturated rings. The molecule has 0 N–H and O–H groups in total. The summed E-state index contributed by atoms with van der Waals surface area (Å²) in [6, 6.07) is 0. The molecular weight excluding hydrogens is 295 g/mol. The van der Waals surface area contributed by atoms with Crippen molar-refractivity contribution in [3.8, 4) is 0 Å². The number of methoxy groups -OCH3 is 1. The first-order valence-corrected chi connectivity index (χ1v) is 6.94. The van der Waals surface area contributed by atoms with Crippen LogP contribution >= 0.6 is 11.3 Å². The van der Waals surface area contributed by atoms with Gasteiger partial charge in [0.05, 0.1) is 6.61 Å². The highest BCUT2D eigenvalue weighted by molar-refractivity contribution is 7.12. The molecule has 1 saturated carbocycles. The Hall–Kier alpha value is -1.15. The fourth-order valence-corrected chi connectivity index (χ4v) is 3.14. The Morgan fingerprint density at radius 1 is 1.50 bits per heavy atom. The topological polar surface area (TPSA) is 48.4 Å². The van der Waals surface area contributed by atoms with Crippen molar-refractivity contribution in [2.45, 2.75) is 25.4 Å². The second kappa shape index (κ2) is 5.69. The second-order valence-electron chi connectivity index (χ2n) is 4.51. The predicted molar refractivity (Wildman–Crippen MR) is 65.8 cm³/mol. The van der Waals surface area contributed by atoms with Crippen molar-refractivity contribution in [2.24, 2.45) is 5.92 Å². The number of nitrogens with zero attached hydrogens (tertiary/aromatic N) is 1. The SMILES string of the molecule is CCOC(=O)c1nc(C(F)(F)F)sc1[C@@H]1C[C@H]1COC. The minimum atomic E-state index is -4.55. The normalized spacial score (nSPS) is 21.9. The number of ether oxygens (including phenoxy) is 2. The molecule has 8 heteroatoms. The summed E-state index contributed by atoms with van der Waals surface area (Å²) in [6.45, 7) is 2.16. The third kappa shape index (κ3) is 3.12. The van der Waals surface area contributed by atoms with Crippen molar-refractivity contribution < 1.29 is 27.4 Å². The Balaban J connectivity index is 2.29. The smallest absolute Gasteiger partial charge is 0.443 e. The lowest BCUT2D eigenvalue weighted by Crippen LogP contribution is -2.10. The predicted octanol–water partition coefficient (Wildman–Crippen LogP) is 3.09. The lowest BCUT2D eigenvalue weighted by molar-refractivity contribution is -0.137. The van der Waals surface area contributed by atoms with Crippen LogP contribution in [0.3, 0.4) is 0 Å². The number of hydrogen-bond acceptors (Lipinski definition) is 5. The lowest BCUT2D eigenvalue weighted by Gasteiger charge is -2.01. The van der Waals surface area contributed by atoms with Gasteiger partial charge in [0.25, 0.3) is 0 Å². The average molecular weight is 309 g/mol. The number of alkyl halides is 3. The van der Waals surface area contributed by atoms with Crippen LogP contribution in [0.15, 0.2) is 0 Å². The highest BCUT2D eigenvalue weighted by atomic mass is 32.1. The molecule has 0 aliphatic heterocycles. The van der Waals surface area contributed by atoms with Gasteiger partial charge in [-0.1, -0.05) is 0 Å². The number of rotatable bonds is 5. The Labute approximate surface area is 117 Å². The maximum absolute atomic E-state index is 12.7. The number of aromatic nitrogens is 1. The Bertz CT molecular complexity index is 501. The zero-order valence-corrected chi connectivity index (χ0v) is 11.8. The van der Waals surface area contributed by atoms with Crippen LogP contribution in [0.4, 0.5) is 13.2 Å². The molecule has 1 aromatic rings. The minimum Gasteiger partial charge on any atom is -0.461 e. The molecule has 1 heterocycles. The zero-order valence-electron chi connectivity index (χ0n) is 11.0. The third-order valence-corrected chi connectivity index (χ3v) is 4.24. The summed E-state index contributed by atoms with van der Waals surface area (Å²) in [7, 11) is 1.54. The van der Waals surface area contributed by atoms with Gasteiger partial charge in [-0.05, 0) is 19.3 Å². The fraction of sp³-hybridized carbons (Fsp3) is 0.667. The number of esters is 1. The summed E-state index contributed by atoms with van der Waals surface area (Å²) in [5.41, 5.74) is -0.201. The average Bonchev–Trinajstić information content (AvgIpc) is 2.96. The summed E-state index contributed by atoms with van der Waals surface area (Å²) < 4.78 is 48.0. The molecular formula is C12H14F3NO3S. The number of carbonyl (C=O) groups is 1. The first-order valence-electron chi connectivity index (χ1n) is 6.12. The van der Waals surface area contributed by atoms with E-state index in [4.69, 9.17) is 9.47 Å². The van der Waals surface area contributed by atoms with Crippen LogP contribution in [-0.2, 0) is 15.7 Å². The summed E-state index contributed by atoms with van der Waals surface area (Å²) in [4.78, 5) is 15.5. The maximum atomic E-state index is 12.7. The number of carbonyl (C=O) groups excluding carboxylic acids is 1. The van der Waals surface area contributed by atoms with E-state index < -0.39 is 17.2 Å². The van der Waals surface area contributed by atoms with Gasteiger partial charge in [0, 0.05) is 24.5 Å². The van der Waals surface area contributed by atoms with Crippen molar-refractivity contribution in [1.29, 1.82) is 0 Å². The molecule has 20 heavy (non-hydrogen) atoms. The van der Waals surface area contributed by atoms with Gasteiger partial charge in [-0.2, -0.15) is 13.2 Å².